The van der Waals surface area contributed by atoms with E-state index in [4.69, 9.17) is 72.0 Å². The monoisotopic (exact) mass is 1270 g/mol. The minimum atomic E-state index is -2.20. The van der Waals surface area contributed by atoms with Crippen LogP contribution in [0.2, 0.25) is 0 Å². The lowest BCUT2D eigenvalue weighted by molar-refractivity contribution is -0.396. The van der Waals surface area contributed by atoms with Crippen LogP contribution in [0.5, 0.6) is 0 Å². The maximum atomic E-state index is 11.8. The number of ether oxygens (including phenoxy) is 14. The summed E-state index contributed by atoms with van der Waals surface area (Å²) in [6, 6.07) is 0. The maximum absolute atomic E-state index is 11.8. The molecule has 21 aliphatic heterocycles. The predicted molar refractivity (Wildman–Crippen MR) is 268 cm³/mol. The van der Waals surface area contributed by atoms with Gasteiger partial charge >= 0.3 is 0 Å². The third kappa shape index (κ3) is 14.8. The van der Waals surface area contributed by atoms with Crippen molar-refractivity contribution in [3.05, 3.63) is 0 Å². The molecule has 23 N–H and O–H groups in total. The Balaban J connectivity index is 1.08. The third-order valence-corrected chi connectivity index (χ3v) is 18.0. The van der Waals surface area contributed by atoms with E-state index in [9.17, 15) is 102 Å². The number of nitrogens with one attached hydrogen (secondary N) is 1. The smallest absolute Gasteiger partial charge is 0.187 e. The molecule has 0 unspecified atom stereocenters. The first-order chi connectivity index (χ1) is 40.2. The topological polar surface area (TPSA) is 572 Å². The summed E-state index contributed by atoms with van der Waals surface area (Å²) in [4.78, 5) is 0. The zero-order valence-electron chi connectivity index (χ0n) is 44.5. The predicted octanol–water partition coefficient (Wildman–Crippen LogP) is -14.3. The van der Waals surface area contributed by atoms with Crippen molar-refractivity contribution in [2.45, 2.75) is 215 Å². The summed E-state index contributed by atoms with van der Waals surface area (Å²) >= 11 is 0. The van der Waals surface area contributed by atoms with Gasteiger partial charge in [-0.05, 0) is 0 Å². The molecule has 35 atom stereocenters. The van der Waals surface area contributed by atoms with Gasteiger partial charge in [-0.2, -0.15) is 0 Å². The molecule has 0 amide bonds. The summed E-state index contributed by atoms with van der Waals surface area (Å²) in [5.41, 5.74) is 5.58. The minimum Gasteiger partial charge on any atom is -0.394 e. The summed E-state index contributed by atoms with van der Waals surface area (Å²) < 4.78 is 81.3. The quantitative estimate of drug-likeness (QED) is 0.0567. The van der Waals surface area contributed by atoms with Gasteiger partial charge in [0.1, 0.15) is 171 Å². The van der Waals surface area contributed by atoms with Gasteiger partial charge < -0.3 is 179 Å². The van der Waals surface area contributed by atoms with Gasteiger partial charge in [0.05, 0.1) is 39.6 Å². The molecule has 21 aliphatic rings. The fourth-order valence-electron chi connectivity index (χ4n) is 11.0. The normalized spacial score (nSPS) is 51.8. The lowest BCUT2D eigenvalue weighted by atomic mass is 9.95. The van der Waals surface area contributed by atoms with Gasteiger partial charge in [-0.1, -0.05) is 21.6 Å². The van der Waals surface area contributed by atoms with Crippen LogP contribution in [0.15, 0.2) is 0 Å². The first kappa shape index (κ1) is 69.2. The van der Waals surface area contributed by atoms with E-state index in [0.717, 1.165) is 0 Å². The van der Waals surface area contributed by atoms with Gasteiger partial charge in [-0.3, -0.25) is 0 Å². The Hall–Kier alpha value is -0.740. The first-order valence-electron chi connectivity index (χ1n) is 27.2. The second kappa shape index (κ2) is 31.1. The van der Waals surface area contributed by atoms with E-state index >= 15 is 0 Å². The molecule has 0 radical (unpaired) electrons. The molecule has 0 aliphatic carbocycles. The van der Waals surface area contributed by atoms with E-state index in [1.54, 1.807) is 0 Å². The van der Waals surface area contributed by atoms with Crippen LogP contribution in [0.4, 0.5) is 0 Å². The van der Waals surface area contributed by atoms with E-state index < -0.39 is 255 Å². The number of aliphatic hydroxyl groups is 20. The molecule has 21 rings (SSSR count). The van der Waals surface area contributed by atoms with Gasteiger partial charge in [-0.25, -0.2) is 0 Å². The Morgan fingerprint density at radius 2 is 0.452 bits per heavy atom. The number of nitrogens with two attached hydrogens (primary N) is 1. The van der Waals surface area contributed by atoms with Gasteiger partial charge in [0, 0.05) is 31.1 Å². The second-order valence-electron chi connectivity index (χ2n) is 21.1. The van der Waals surface area contributed by atoms with Crippen molar-refractivity contribution in [3.63, 3.8) is 0 Å². The van der Waals surface area contributed by atoms with Crippen LogP contribution in [0, 0.1) is 0 Å². The largest absolute Gasteiger partial charge is 0.394 e. The maximum Gasteiger partial charge on any atom is 0.187 e. The van der Waals surface area contributed by atoms with Gasteiger partial charge in [0.25, 0.3) is 0 Å². The average molecular weight is 1270 g/mol. The van der Waals surface area contributed by atoms with E-state index in [2.05, 4.69) is 5.32 Å². The van der Waals surface area contributed by atoms with Crippen LogP contribution < -0.4 is 11.1 Å². The Labute approximate surface area is 485 Å². The van der Waals surface area contributed by atoms with Crippen LogP contribution >= 0.6 is 21.6 Å². The van der Waals surface area contributed by atoms with Crippen molar-refractivity contribution in [1.82, 2.24) is 5.32 Å². The Morgan fingerprint density at radius 3 is 0.655 bits per heavy atom. The molecule has 0 aromatic heterocycles. The lowest BCUT2D eigenvalue weighted by Gasteiger charge is -2.50. The zero-order chi connectivity index (χ0) is 61.0. The van der Waals surface area contributed by atoms with Crippen LogP contribution in [-0.2, 0) is 66.3 Å². The highest BCUT2D eigenvalue weighted by atomic mass is 33.1. The molecule has 38 heteroatoms. The van der Waals surface area contributed by atoms with Crippen molar-refractivity contribution >= 4 is 21.6 Å². The highest BCUT2D eigenvalue weighted by molar-refractivity contribution is 8.76. The number of hydrogen-bond acceptors (Lipinski definition) is 38. The van der Waals surface area contributed by atoms with E-state index in [0.29, 0.717) is 24.6 Å². The van der Waals surface area contributed by atoms with Crippen LogP contribution in [0.1, 0.15) is 0 Å². The highest BCUT2D eigenvalue weighted by Crippen LogP contribution is 2.39. The Bertz CT molecular complexity index is 1960. The van der Waals surface area contributed by atoms with Crippen molar-refractivity contribution in [2.24, 2.45) is 5.73 Å². The Morgan fingerprint density at radius 1 is 0.262 bits per heavy atom. The van der Waals surface area contributed by atoms with Gasteiger partial charge in [0.15, 0.2) is 44.0 Å². The number of rotatable bonds is 14. The highest BCUT2D eigenvalue weighted by Gasteiger charge is 2.59. The molecular formula is C46H80N2O34S2. The lowest BCUT2D eigenvalue weighted by Crippen LogP contribution is -2.68. The minimum absolute atomic E-state index is 0.225. The van der Waals surface area contributed by atoms with Crippen LogP contribution in [0.3, 0.4) is 0 Å². The molecule has 21 saturated heterocycles. The zero-order valence-corrected chi connectivity index (χ0v) is 46.2. The standard InChI is InChI=1S/C46H80N2O34S2/c47-1-3-83-84-4-2-48-5-12-33-19(55)26(62)40(69-12)77-34-13(6-49)71-42(28(64)21(34)57)79-36-15(8-51)73-44(30(66)23(36)59)81-38-17(10-53)75-46(32(68)25(38)61)82-39-18(11-54)74-45(31(67)24(39)60)80-37-16(9-52)72-43(29(65)22(37)58)78-35-14(7-50)70-41(76-33)27(63)20(35)56/h12-46,48-68H,1-11,47H2/t12-,13+,14-,15+,16-,17+,18-,19+,20+,21+,22+,23-,24+,25+,26+,27+,28-,29+,30-,31+,32+,33+,34+,35+,36+,37+,38+,39+,40+,41+,42+,43+,44+,45+,46+/m0/s1. The SMILES string of the molecule is NCCSSCCNC[C@@H]1O[C@@H]2O[C@H]3[C@H](O)[C@H](O)[C@@H](O[C@H]4[C@@H](O)[C@H](O)[C@@H](O[C@H]5[C@H](O)[C@@H](O)[C@@H](O[C@H]6[C@H](O)[C@@H](O)[C@@H](O[C@H]7[C@H](O)[C@@H](O)[C@@H](O[C@H]8[C@H](O)[C@@H](O)[C@@H](O[C@H]1[C@H](O)[C@H]2O)O[C@H]8CO)O[C@H]7CO)O[C@H]6CO)O[C@@H]5CO)O[C@@H]4CO)O[C@@H]3CO. The molecule has 0 aromatic rings. The van der Waals surface area contributed by atoms with E-state index in [1.807, 2.05) is 0 Å². The molecule has 0 saturated carbocycles. The summed E-state index contributed by atoms with van der Waals surface area (Å²) in [6.07, 6.45) is -69.1. The van der Waals surface area contributed by atoms with Crippen LogP contribution in [-0.4, -0.2) is 388 Å². The molecule has 0 aromatic carbocycles. The third-order valence-electron chi connectivity index (χ3n) is 15.6. The summed E-state index contributed by atoms with van der Waals surface area (Å²) in [7, 11) is 2.96. The second-order valence-corrected chi connectivity index (χ2v) is 23.8. The van der Waals surface area contributed by atoms with E-state index in [-0.39, 0.29) is 6.54 Å². The average Bonchev–Trinajstić information content (AvgIpc) is 2.01. The van der Waals surface area contributed by atoms with E-state index in [1.165, 1.54) is 21.6 Å². The van der Waals surface area contributed by atoms with Gasteiger partial charge in [0.2, 0.25) is 0 Å². The van der Waals surface area contributed by atoms with Crippen molar-refractivity contribution in [2.75, 3.05) is 70.8 Å². The molecular weight excluding hydrogens is 1190 g/mol. The molecule has 84 heavy (non-hydrogen) atoms. The number of aliphatic hydroxyl groups excluding tert-OH is 20. The molecule has 14 bridgehead atoms. The molecule has 21 fully saturated rings. The fourth-order valence-corrected chi connectivity index (χ4v) is 12.8. The van der Waals surface area contributed by atoms with Gasteiger partial charge in [-0.15, -0.1) is 0 Å². The Kier molecular flexibility index (Phi) is 25.6. The van der Waals surface area contributed by atoms with Crippen molar-refractivity contribution in [1.29, 1.82) is 0 Å². The number of hydrogen-bond donors (Lipinski definition) is 22. The molecule has 36 nitrogen and oxygen atoms in total. The fraction of sp³-hybridized carbons (Fsp3) is 1.00. The summed E-state index contributed by atoms with van der Waals surface area (Å²) in [5.74, 6) is 1.16. The molecule has 490 valence electrons. The van der Waals surface area contributed by atoms with Crippen LogP contribution in [0.25, 0.3) is 0 Å². The van der Waals surface area contributed by atoms with Crippen molar-refractivity contribution in [3.8, 4) is 0 Å². The molecule has 21 heterocycles. The van der Waals surface area contributed by atoms with Crippen molar-refractivity contribution < 1.29 is 168 Å². The first-order valence-corrected chi connectivity index (χ1v) is 29.7. The summed E-state index contributed by atoms with van der Waals surface area (Å²) in [5, 5.41) is 226. The summed E-state index contributed by atoms with van der Waals surface area (Å²) in [6.45, 7) is -5.70. The molecule has 0 spiro atoms.